The number of fused-ring (bicyclic) bond motifs is 9. The minimum Gasteiger partial charge on any atom is -0.455 e. The lowest BCUT2D eigenvalue weighted by molar-refractivity contribution is 0.673. The topological polar surface area (TPSA) is 28.9 Å². The average Bonchev–Trinajstić information content (AvgIpc) is 3.43. The molecular weight excluding hydrogens is 426 g/mol. The van der Waals surface area contributed by atoms with Gasteiger partial charge in [-0.05, 0) is 70.1 Å². The Kier molecular flexibility index (Phi) is 3.62. The molecule has 0 amide bonds. The summed E-state index contributed by atoms with van der Waals surface area (Å²) in [5, 5.41) is 9.68. The maximum atomic E-state index is 6.41. The number of rotatable bonds is 1. The van der Waals surface area contributed by atoms with Crippen LogP contribution < -0.4 is 0 Å². The minimum absolute atomic E-state index is 0.918. The number of hydrogen-bond acceptors (Lipinski definition) is 1. The molecular formula is C33H21NO. The molecule has 0 radical (unpaired) electrons. The first kappa shape index (κ1) is 18.8. The van der Waals surface area contributed by atoms with Crippen molar-refractivity contribution in [1.82, 2.24) is 4.98 Å². The van der Waals surface area contributed by atoms with E-state index >= 15 is 0 Å². The van der Waals surface area contributed by atoms with Gasteiger partial charge in [-0.2, -0.15) is 0 Å². The smallest absolute Gasteiger partial charge is 0.143 e. The van der Waals surface area contributed by atoms with Crippen LogP contribution in [-0.4, -0.2) is 4.98 Å². The molecule has 0 aliphatic carbocycles. The fourth-order valence-electron chi connectivity index (χ4n) is 5.72. The van der Waals surface area contributed by atoms with E-state index in [1.165, 1.54) is 43.6 Å². The van der Waals surface area contributed by atoms with Crippen molar-refractivity contribution in [2.24, 2.45) is 0 Å². The van der Waals surface area contributed by atoms with Gasteiger partial charge in [-0.1, -0.05) is 66.7 Å². The molecule has 164 valence electrons. The van der Waals surface area contributed by atoms with Gasteiger partial charge in [0.15, 0.2) is 0 Å². The van der Waals surface area contributed by atoms with Crippen molar-refractivity contribution in [3.8, 4) is 11.1 Å². The van der Waals surface area contributed by atoms with Crippen molar-refractivity contribution in [3.63, 3.8) is 0 Å². The van der Waals surface area contributed by atoms with Crippen molar-refractivity contribution in [3.05, 3.63) is 109 Å². The highest BCUT2D eigenvalue weighted by molar-refractivity contribution is 6.20. The third-order valence-corrected chi connectivity index (χ3v) is 7.49. The molecule has 6 aromatic carbocycles. The van der Waals surface area contributed by atoms with E-state index in [2.05, 4.69) is 115 Å². The first-order valence-electron chi connectivity index (χ1n) is 12.0. The monoisotopic (exact) mass is 447 g/mol. The van der Waals surface area contributed by atoms with Crippen molar-refractivity contribution >= 4 is 65.3 Å². The van der Waals surface area contributed by atoms with Gasteiger partial charge in [-0.25, -0.2) is 0 Å². The summed E-state index contributed by atoms with van der Waals surface area (Å²) in [6.07, 6.45) is 0. The summed E-state index contributed by atoms with van der Waals surface area (Å²) in [7, 11) is 0. The molecule has 0 fully saturated rings. The number of H-pyrrole nitrogens is 1. The molecule has 0 bridgehead atoms. The largest absolute Gasteiger partial charge is 0.455 e. The Labute approximate surface area is 201 Å². The standard InChI is InChI=1S/C33H21NO/c1-19-14-30-27(16-26(19)23-11-10-20-6-2-3-8-22(20)15-23)28-17-29-25-13-12-21-7-4-5-9-24(21)33(25)35-32(29)18-31(28)34-30/h2-18,34H,1H3. The lowest BCUT2D eigenvalue weighted by Crippen LogP contribution is -1.84. The molecule has 1 N–H and O–H groups in total. The molecule has 2 aromatic heterocycles. The Hall–Kier alpha value is -4.56. The van der Waals surface area contributed by atoms with Crippen LogP contribution in [0.5, 0.6) is 0 Å². The van der Waals surface area contributed by atoms with Crippen molar-refractivity contribution < 1.29 is 4.42 Å². The van der Waals surface area contributed by atoms with Gasteiger partial charge in [0.1, 0.15) is 11.2 Å². The highest BCUT2D eigenvalue weighted by Crippen LogP contribution is 2.39. The third kappa shape index (κ3) is 2.65. The first-order valence-corrected chi connectivity index (χ1v) is 12.0. The summed E-state index contributed by atoms with van der Waals surface area (Å²) in [4.78, 5) is 3.64. The van der Waals surface area contributed by atoms with E-state index in [-0.39, 0.29) is 0 Å². The van der Waals surface area contributed by atoms with E-state index in [1.54, 1.807) is 0 Å². The number of hydrogen-bond donors (Lipinski definition) is 1. The molecule has 0 saturated carbocycles. The molecule has 0 spiro atoms. The van der Waals surface area contributed by atoms with Gasteiger partial charge in [0, 0.05) is 38.5 Å². The maximum absolute atomic E-state index is 6.41. The number of aromatic nitrogens is 1. The zero-order chi connectivity index (χ0) is 23.1. The van der Waals surface area contributed by atoms with E-state index in [0.717, 1.165) is 38.4 Å². The Morgan fingerprint density at radius 3 is 2.20 bits per heavy atom. The summed E-state index contributed by atoms with van der Waals surface area (Å²) >= 11 is 0. The second-order valence-corrected chi connectivity index (χ2v) is 9.56. The molecule has 0 atom stereocenters. The van der Waals surface area contributed by atoms with Crippen LogP contribution in [-0.2, 0) is 0 Å². The summed E-state index contributed by atoms with van der Waals surface area (Å²) in [5.74, 6) is 0. The van der Waals surface area contributed by atoms with Gasteiger partial charge in [0.2, 0.25) is 0 Å². The lowest BCUT2D eigenvalue weighted by Gasteiger charge is -2.08. The fourth-order valence-corrected chi connectivity index (χ4v) is 5.72. The average molecular weight is 448 g/mol. The summed E-state index contributed by atoms with van der Waals surface area (Å²) in [5.41, 5.74) is 7.92. The van der Waals surface area contributed by atoms with E-state index in [4.69, 9.17) is 4.42 Å². The summed E-state index contributed by atoms with van der Waals surface area (Å²) in [6, 6.07) is 37.2. The van der Waals surface area contributed by atoms with Gasteiger partial charge in [0.25, 0.3) is 0 Å². The Bertz CT molecular complexity index is 2120. The highest BCUT2D eigenvalue weighted by atomic mass is 16.3. The predicted octanol–water partition coefficient (Wildman–Crippen LogP) is 9.50. The predicted molar refractivity (Wildman–Crippen MR) is 148 cm³/mol. The van der Waals surface area contributed by atoms with E-state index in [0.29, 0.717) is 0 Å². The van der Waals surface area contributed by atoms with Crippen molar-refractivity contribution in [2.45, 2.75) is 6.92 Å². The molecule has 35 heavy (non-hydrogen) atoms. The van der Waals surface area contributed by atoms with Crippen LogP contribution in [0.3, 0.4) is 0 Å². The molecule has 0 aliphatic heterocycles. The molecule has 2 nitrogen and oxygen atoms in total. The molecule has 8 rings (SSSR count). The van der Waals surface area contributed by atoms with Crippen LogP contribution in [0.4, 0.5) is 0 Å². The van der Waals surface area contributed by atoms with E-state index < -0.39 is 0 Å². The Morgan fingerprint density at radius 2 is 1.29 bits per heavy atom. The van der Waals surface area contributed by atoms with Gasteiger partial charge >= 0.3 is 0 Å². The SMILES string of the molecule is Cc1cc2[nH]c3cc4oc5c6ccccc6ccc5c4cc3c2cc1-c1ccc2ccccc2c1. The third-order valence-electron chi connectivity index (χ3n) is 7.49. The molecule has 0 unspecified atom stereocenters. The molecule has 8 aromatic rings. The van der Waals surface area contributed by atoms with Crippen LogP contribution >= 0.6 is 0 Å². The molecule has 0 saturated heterocycles. The highest BCUT2D eigenvalue weighted by Gasteiger charge is 2.15. The van der Waals surface area contributed by atoms with E-state index in [9.17, 15) is 0 Å². The minimum atomic E-state index is 0.918. The quantitative estimate of drug-likeness (QED) is 0.267. The first-order chi connectivity index (χ1) is 17.2. The van der Waals surface area contributed by atoms with Crippen LogP contribution in [0.25, 0.3) is 76.4 Å². The number of benzene rings is 6. The number of furan rings is 1. The van der Waals surface area contributed by atoms with E-state index in [1.807, 2.05) is 0 Å². The summed E-state index contributed by atoms with van der Waals surface area (Å²) in [6.45, 7) is 2.19. The van der Waals surface area contributed by atoms with Crippen LogP contribution in [0.1, 0.15) is 5.56 Å². The second-order valence-electron chi connectivity index (χ2n) is 9.56. The van der Waals surface area contributed by atoms with Gasteiger partial charge in [0.05, 0.1) is 5.52 Å². The number of aryl methyl sites for hydroxylation is 1. The van der Waals surface area contributed by atoms with Crippen LogP contribution in [0, 0.1) is 6.92 Å². The zero-order valence-corrected chi connectivity index (χ0v) is 19.2. The van der Waals surface area contributed by atoms with Gasteiger partial charge in [-0.3, -0.25) is 0 Å². The van der Waals surface area contributed by atoms with Gasteiger partial charge < -0.3 is 9.40 Å². The van der Waals surface area contributed by atoms with Crippen LogP contribution in [0.2, 0.25) is 0 Å². The maximum Gasteiger partial charge on any atom is 0.143 e. The number of nitrogens with one attached hydrogen (secondary N) is 1. The molecule has 2 heteroatoms. The normalized spacial score (nSPS) is 12.1. The Morgan fingerprint density at radius 1 is 0.543 bits per heavy atom. The van der Waals surface area contributed by atoms with Crippen molar-refractivity contribution in [2.75, 3.05) is 0 Å². The number of aromatic amines is 1. The Balaban J connectivity index is 1.41. The van der Waals surface area contributed by atoms with Crippen molar-refractivity contribution in [1.29, 1.82) is 0 Å². The van der Waals surface area contributed by atoms with Crippen LogP contribution in [0.15, 0.2) is 108 Å². The zero-order valence-electron chi connectivity index (χ0n) is 19.2. The fraction of sp³-hybridized carbons (Fsp3) is 0.0303. The summed E-state index contributed by atoms with van der Waals surface area (Å²) < 4.78 is 6.41. The van der Waals surface area contributed by atoms with Gasteiger partial charge in [-0.15, -0.1) is 0 Å². The molecule has 2 heterocycles. The second kappa shape index (κ2) is 6.74. The molecule has 0 aliphatic rings. The lowest BCUT2D eigenvalue weighted by atomic mass is 9.95.